The fourth-order valence-corrected chi connectivity index (χ4v) is 4.52. The second-order valence-corrected chi connectivity index (χ2v) is 8.38. The van der Waals surface area contributed by atoms with Crippen LogP contribution >= 0.6 is 31.9 Å². The zero-order valence-corrected chi connectivity index (χ0v) is 20.0. The maximum atomic E-state index is 13.1. The Hall–Kier alpha value is -3.38. The van der Waals surface area contributed by atoms with Crippen molar-refractivity contribution < 1.29 is 38.1 Å². The van der Waals surface area contributed by atoms with Crippen LogP contribution in [0.25, 0.3) is 6.08 Å². The summed E-state index contributed by atoms with van der Waals surface area (Å²) in [6, 6.07) is 6.86. The number of amides is 4. The number of esters is 1. The number of hydrogen-bond donors (Lipinski definition) is 1. The van der Waals surface area contributed by atoms with Gasteiger partial charge in [-0.25, -0.2) is 14.5 Å². The maximum Gasteiger partial charge on any atom is 0.343 e. The smallest absolute Gasteiger partial charge is 0.343 e. The molecule has 2 aliphatic rings. The molecule has 0 radical (unpaired) electrons. The second kappa shape index (κ2) is 9.24. The van der Waals surface area contributed by atoms with Gasteiger partial charge in [0.05, 0.1) is 21.7 Å². The molecule has 170 valence electrons. The van der Waals surface area contributed by atoms with Crippen LogP contribution in [0.3, 0.4) is 0 Å². The minimum atomic E-state index is -0.880. The number of nitrogens with one attached hydrogen (secondary N) is 1. The highest BCUT2D eigenvalue weighted by atomic mass is 79.9. The van der Waals surface area contributed by atoms with Gasteiger partial charge in [-0.2, -0.15) is 0 Å². The number of rotatable bonds is 5. The molecule has 0 aromatic heterocycles. The average Bonchev–Trinajstić information content (AvgIpc) is 3.23. The predicted molar refractivity (Wildman–Crippen MR) is 121 cm³/mol. The SMILES string of the molecule is COC(=O)COc1c(Br)cc(/C=C2\C(=O)NC(=O)N(c3ccc4c(c3)OCO4)C2=O)cc1Br. The fourth-order valence-electron chi connectivity index (χ4n) is 3.07. The van der Waals surface area contributed by atoms with Crippen molar-refractivity contribution in [1.29, 1.82) is 0 Å². The summed E-state index contributed by atoms with van der Waals surface area (Å²) >= 11 is 6.68. The first kappa shape index (κ1) is 22.8. The lowest BCUT2D eigenvalue weighted by Crippen LogP contribution is -2.54. The summed E-state index contributed by atoms with van der Waals surface area (Å²) in [7, 11) is 1.24. The molecule has 2 heterocycles. The largest absolute Gasteiger partial charge is 0.480 e. The van der Waals surface area contributed by atoms with Gasteiger partial charge < -0.3 is 18.9 Å². The number of halogens is 2. The summed E-state index contributed by atoms with van der Waals surface area (Å²) in [5.74, 6) is -0.997. The first-order valence-electron chi connectivity index (χ1n) is 9.28. The van der Waals surface area contributed by atoms with Gasteiger partial charge in [0.2, 0.25) is 6.79 Å². The third-order valence-electron chi connectivity index (χ3n) is 4.61. The topological polar surface area (TPSA) is 120 Å². The van der Waals surface area contributed by atoms with E-state index in [1.54, 1.807) is 18.2 Å². The molecule has 4 amide bonds. The minimum Gasteiger partial charge on any atom is -0.480 e. The van der Waals surface area contributed by atoms with E-state index >= 15 is 0 Å². The van der Waals surface area contributed by atoms with Crippen LogP contribution in [0.2, 0.25) is 0 Å². The number of anilines is 1. The Balaban J connectivity index is 1.64. The highest BCUT2D eigenvalue weighted by Gasteiger charge is 2.37. The van der Waals surface area contributed by atoms with Crippen LogP contribution in [0, 0.1) is 0 Å². The van der Waals surface area contributed by atoms with Crippen molar-refractivity contribution in [2.24, 2.45) is 0 Å². The summed E-state index contributed by atoms with van der Waals surface area (Å²) in [6.45, 7) is -0.271. The number of hydrogen-bond acceptors (Lipinski definition) is 8. The molecule has 2 aromatic rings. The molecule has 1 N–H and O–H groups in total. The highest BCUT2D eigenvalue weighted by Crippen LogP contribution is 2.37. The van der Waals surface area contributed by atoms with E-state index in [-0.39, 0.29) is 24.7 Å². The number of urea groups is 1. The molecule has 10 nitrogen and oxygen atoms in total. The normalized spacial score (nSPS) is 16.2. The lowest BCUT2D eigenvalue weighted by atomic mass is 10.1. The number of imide groups is 2. The molecule has 0 aliphatic carbocycles. The maximum absolute atomic E-state index is 13.1. The van der Waals surface area contributed by atoms with E-state index < -0.39 is 23.8 Å². The van der Waals surface area contributed by atoms with Gasteiger partial charge in [-0.1, -0.05) is 0 Å². The van der Waals surface area contributed by atoms with E-state index in [9.17, 15) is 19.2 Å². The van der Waals surface area contributed by atoms with Crippen molar-refractivity contribution >= 4 is 67.4 Å². The van der Waals surface area contributed by atoms with Crippen LogP contribution in [0.5, 0.6) is 17.2 Å². The van der Waals surface area contributed by atoms with E-state index in [0.29, 0.717) is 31.8 Å². The number of carbonyl (C=O) groups excluding carboxylic acids is 4. The van der Waals surface area contributed by atoms with E-state index in [1.165, 1.54) is 25.3 Å². The number of benzene rings is 2. The standard InChI is InChI=1S/C21H14Br2N2O8/c1-30-17(26)8-31-18-13(22)5-10(6-14(18)23)4-12-19(27)24-21(29)25(20(12)28)11-2-3-15-16(7-11)33-9-32-15/h2-7H,8-9H2,1H3,(H,24,27,29)/b12-4+. The molecule has 12 heteroatoms. The summed E-state index contributed by atoms with van der Waals surface area (Å²) in [5.41, 5.74) is 0.418. The molecule has 1 fully saturated rings. The van der Waals surface area contributed by atoms with Crippen molar-refractivity contribution in [3.05, 3.63) is 50.4 Å². The van der Waals surface area contributed by atoms with Crippen LogP contribution in [0.1, 0.15) is 5.56 Å². The molecule has 2 aliphatic heterocycles. The Morgan fingerprint density at radius 3 is 2.52 bits per heavy atom. The van der Waals surface area contributed by atoms with Gasteiger partial charge in [0.15, 0.2) is 18.1 Å². The average molecular weight is 582 g/mol. The highest BCUT2D eigenvalue weighted by molar-refractivity contribution is 9.11. The summed E-state index contributed by atoms with van der Waals surface area (Å²) < 4.78 is 21.4. The summed E-state index contributed by atoms with van der Waals surface area (Å²) in [6.07, 6.45) is 1.34. The molecular weight excluding hydrogens is 568 g/mol. The molecule has 0 atom stereocenters. The van der Waals surface area contributed by atoms with Crippen molar-refractivity contribution in [3.63, 3.8) is 0 Å². The number of fused-ring (bicyclic) bond motifs is 1. The van der Waals surface area contributed by atoms with E-state index in [0.717, 1.165) is 4.90 Å². The van der Waals surface area contributed by atoms with Gasteiger partial charge in [-0.15, -0.1) is 0 Å². The first-order valence-corrected chi connectivity index (χ1v) is 10.9. The molecule has 1 saturated heterocycles. The Kier molecular flexibility index (Phi) is 6.38. The minimum absolute atomic E-state index is 0.0334. The predicted octanol–water partition coefficient (Wildman–Crippen LogP) is 3.16. The first-order chi connectivity index (χ1) is 15.8. The van der Waals surface area contributed by atoms with Crippen molar-refractivity contribution in [2.75, 3.05) is 25.4 Å². The summed E-state index contributed by atoms with van der Waals surface area (Å²) in [4.78, 5) is 50.1. The Labute approximate surface area is 203 Å². The van der Waals surface area contributed by atoms with Gasteiger partial charge in [-0.05, 0) is 67.8 Å². The zero-order chi connectivity index (χ0) is 23.7. The monoisotopic (exact) mass is 580 g/mol. The number of ether oxygens (including phenoxy) is 4. The Bertz CT molecular complexity index is 1200. The van der Waals surface area contributed by atoms with Gasteiger partial charge in [0.1, 0.15) is 11.3 Å². The number of carbonyl (C=O) groups is 4. The lowest BCUT2D eigenvalue weighted by molar-refractivity contribution is -0.143. The van der Waals surface area contributed by atoms with Crippen LogP contribution in [0.4, 0.5) is 10.5 Å². The number of nitrogens with zero attached hydrogens (tertiary/aromatic N) is 1. The van der Waals surface area contributed by atoms with Gasteiger partial charge in [-0.3, -0.25) is 14.9 Å². The van der Waals surface area contributed by atoms with Crippen LogP contribution < -0.4 is 24.4 Å². The molecule has 4 rings (SSSR count). The third kappa shape index (κ3) is 4.57. The molecular formula is C21H14Br2N2O8. The molecule has 0 saturated carbocycles. The van der Waals surface area contributed by atoms with Crippen LogP contribution in [-0.2, 0) is 19.1 Å². The molecule has 0 spiro atoms. The Morgan fingerprint density at radius 1 is 1.12 bits per heavy atom. The van der Waals surface area contributed by atoms with Crippen LogP contribution in [-0.4, -0.2) is 44.3 Å². The molecule has 33 heavy (non-hydrogen) atoms. The summed E-state index contributed by atoms with van der Waals surface area (Å²) in [5, 5.41) is 2.16. The zero-order valence-electron chi connectivity index (χ0n) is 16.8. The van der Waals surface area contributed by atoms with E-state index in [2.05, 4.69) is 41.9 Å². The Morgan fingerprint density at radius 2 is 1.82 bits per heavy atom. The van der Waals surface area contributed by atoms with Gasteiger partial charge >= 0.3 is 12.0 Å². The molecule has 2 aromatic carbocycles. The van der Waals surface area contributed by atoms with Crippen LogP contribution in [0.15, 0.2) is 44.9 Å². The number of methoxy groups -OCH3 is 1. The van der Waals surface area contributed by atoms with Gasteiger partial charge in [0.25, 0.3) is 11.8 Å². The van der Waals surface area contributed by atoms with Crippen molar-refractivity contribution in [3.8, 4) is 17.2 Å². The van der Waals surface area contributed by atoms with E-state index in [4.69, 9.17) is 14.2 Å². The van der Waals surface area contributed by atoms with Crippen molar-refractivity contribution in [2.45, 2.75) is 0 Å². The van der Waals surface area contributed by atoms with Crippen molar-refractivity contribution in [1.82, 2.24) is 5.32 Å². The molecule has 0 bridgehead atoms. The fraction of sp³-hybridized carbons (Fsp3) is 0.143. The lowest BCUT2D eigenvalue weighted by Gasteiger charge is -2.26. The quantitative estimate of drug-likeness (QED) is 0.325. The number of barbiturate groups is 1. The molecule has 0 unspecified atom stereocenters. The second-order valence-electron chi connectivity index (χ2n) is 6.67. The third-order valence-corrected chi connectivity index (χ3v) is 5.79. The van der Waals surface area contributed by atoms with Gasteiger partial charge in [0, 0.05) is 6.07 Å². The van der Waals surface area contributed by atoms with E-state index in [1.807, 2.05) is 0 Å².